The molecule has 4 N–H and O–H groups in total. The van der Waals surface area contributed by atoms with E-state index in [-0.39, 0.29) is 36.9 Å². The van der Waals surface area contributed by atoms with Gasteiger partial charge in [0.15, 0.2) is 0 Å². The first-order valence-electron chi connectivity index (χ1n) is 16.8. The van der Waals surface area contributed by atoms with E-state index in [1.807, 2.05) is 36.4 Å². The van der Waals surface area contributed by atoms with Gasteiger partial charge in [-0.25, -0.2) is 9.59 Å². The molecule has 45 heavy (non-hydrogen) atoms. The van der Waals surface area contributed by atoms with Gasteiger partial charge >= 0.3 is 12.0 Å². The fourth-order valence-corrected chi connectivity index (χ4v) is 7.52. The standard InChI is InChI=1S/C35H46N4O6/c40-31(38-35(18-19-35)33(42)43)29-20-27(45-22-25-14-9-13-23-10-7-8-17-28(23)25)21-39(29)32(41)30(24-11-3-1-4-12-24)37-34(44)36-26-15-5-2-6-16-26/h7-10,13-14,17,24,26-27,29-30H,1-6,11-12,15-16,18-22H2,(H,38,40)(H,42,43)(H2,36,37,44). The number of ether oxygens (including phenoxy) is 1. The molecule has 2 aromatic carbocycles. The molecular formula is C35H46N4O6. The smallest absolute Gasteiger partial charge is 0.329 e. The van der Waals surface area contributed by atoms with Gasteiger partial charge in [-0.2, -0.15) is 0 Å². The molecule has 0 bridgehead atoms. The highest BCUT2D eigenvalue weighted by atomic mass is 16.5. The maximum absolute atomic E-state index is 14.4. The van der Waals surface area contributed by atoms with E-state index < -0.39 is 35.6 Å². The molecule has 4 aliphatic rings. The third-order valence-corrected chi connectivity index (χ3v) is 10.3. The molecule has 10 heteroatoms. The van der Waals surface area contributed by atoms with Crippen LogP contribution in [0.1, 0.15) is 89.0 Å². The lowest BCUT2D eigenvalue weighted by molar-refractivity contribution is -0.145. The second-order valence-electron chi connectivity index (χ2n) is 13.5. The number of fused-ring (bicyclic) bond motifs is 1. The predicted octanol–water partition coefficient (Wildman–Crippen LogP) is 4.64. The number of hydrogen-bond acceptors (Lipinski definition) is 5. The zero-order valence-electron chi connectivity index (χ0n) is 26.0. The molecule has 0 aromatic heterocycles. The molecule has 6 rings (SSSR count). The lowest BCUT2D eigenvalue weighted by Gasteiger charge is -2.35. The average molecular weight is 619 g/mol. The van der Waals surface area contributed by atoms with Crippen molar-refractivity contribution in [2.75, 3.05) is 6.54 Å². The van der Waals surface area contributed by atoms with Crippen LogP contribution in [0.25, 0.3) is 10.8 Å². The van der Waals surface area contributed by atoms with Crippen LogP contribution in [0.5, 0.6) is 0 Å². The quantitative estimate of drug-likeness (QED) is 0.306. The number of amides is 4. The molecule has 2 aromatic rings. The number of urea groups is 1. The number of carboxylic acids is 1. The summed E-state index contributed by atoms with van der Waals surface area (Å²) in [5, 5.41) is 20.8. The first kappa shape index (κ1) is 31.3. The number of rotatable bonds is 10. The molecule has 1 aliphatic heterocycles. The van der Waals surface area contributed by atoms with Crippen molar-refractivity contribution in [1.29, 1.82) is 0 Å². The summed E-state index contributed by atoms with van der Waals surface area (Å²) in [6.07, 6.45) is 10.5. The third kappa shape index (κ3) is 7.27. The van der Waals surface area contributed by atoms with Crippen LogP contribution in [-0.2, 0) is 25.7 Å². The molecule has 0 radical (unpaired) electrons. The van der Waals surface area contributed by atoms with E-state index in [1.54, 1.807) is 4.90 Å². The molecule has 3 saturated carbocycles. The van der Waals surface area contributed by atoms with Crippen LogP contribution in [0.15, 0.2) is 42.5 Å². The molecule has 3 atom stereocenters. The number of aliphatic carboxylic acids is 1. The van der Waals surface area contributed by atoms with Gasteiger partial charge in [-0.15, -0.1) is 0 Å². The highest BCUT2D eigenvalue weighted by Gasteiger charge is 2.54. The van der Waals surface area contributed by atoms with Crippen molar-refractivity contribution < 1.29 is 29.0 Å². The minimum Gasteiger partial charge on any atom is -0.480 e. The van der Waals surface area contributed by atoms with Crippen molar-refractivity contribution in [3.63, 3.8) is 0 Å². The Balaban J connectivity index is 1.20. The zero-order valence-corrected chi connectivity index (χ0v) is 26.0. The molecule has 0 spiro atoms. The number of likely N-dealkylation sites (tertiary alicyclic amines) is 1. The highest BCUT2D eigenvalue weighted by Crippen LogP contribution is 2.37. The van der Waals surface area contributed by atoms with Crippen LogP contribution in [0.2, 0.25) is 0 Å². The van der Waals surface area contributed by atoms with Gasteiger partial charge in [0.25, 0.3) is 0 Å². The third-order valence-electron chi connectivity index (χ3n) is 10.3. The number of benzene rings is 2. The van der Waals surface area contributed by atoms with E-state index in [4.69, 9.17) is 4.74 Å². The Hall–Kier alpha value is -3.66. The van der Waals surface area contributed by atoms with Crippen molar-refractivity contribution in [3.8, 4) is 0 Å². The largest absolute Gasteiger partial charge is 0.480 e. The van der Waals surface area contributed by atoms with Crippen molar-refractivity contribution in [1.82, 2.24) is 20.9 Å². The summed E-state index contributed by atoms with van der Waals surface area (Å²) >= 11 is 0. The Morgan fingerprint density at radius 2 is 1.60 bits per heavy atom. The highest BCUT2D eigenvalue weighted by molar-refractivity contribution is 5.96. The summed E-state index contributed by atoms with van der Waals surface area (Å²) in [5.41, 5.74) is -0.253. The van der Waals surface area contributed by atoms with Gasteiger partial charge < -0.3 is 30.7 Å². The van der Waals surface area contributed by atoms with E-state index >= 15 is 0 Å². The fourth-order valence-electron chi connectivity index (χ4n) is 7.52. The molecule has 3 aliphatic carbocycles. The average Bonchev–Trinajstić information content (AvgIpc) is 3.72. The minimum atomic E-state index is -1.27. The van der Waals surface area contributed by atoms with Crippen molar-refractivity contribution in [2.24, 2.45) is 5.92 Å². The molecule has 1 saturated heterocycles. The van der Waals surface area contributed by atoms with Gasteiger partial charge in [0, 0.05) is 19.0 Å². The lowest BCUT2D eigenvalue weighted by atomic mass is 9.83. The van der Waals surface area contributed by atoms with Crippen LogP contribution in [0.4, 0.5) is 4.79 Å². The zero-order chi connectivity index (χ0) is 31.4. The van der Waals surface area contributed by atoms with Gasteiger partial charge in [0.1, 0.15) is 17.6 Å². The maximum Gasteiger partial charge on any atom is 0.329 e. The van der Waals surface area contributed by atoms with Crippen LogP contribution >= 0.6 is 0 Å². The molecule has 10 nitrogen and oxygen atoms in total. The van der Waals surface area contributed by atoms with Gasteiger partial charge in [0.2, 0.25) is 11.8 Å². The minimum absolute atomic E-state index is 0.0310. The number of nitrogens with zero attached hydrogens (tertiary/aromatic N) is 1. The molecular weight excluding hydrogens is 572 g/mol. The number of carboxylic acid groups (broad SMARTS) is 1. The SMILES string of the molecule is O=C(NC1CCCCC1)NC(C(=O)N1CC(OCc2cccc3ccccc23)CC1C(=O)NC1(C(=O)O)CC1)C1CCCCC1. The molecule has 4 amide bonds. The normalized spacial score (nSPS) is 24.1. The second-order valence-corrected chi connectivity index (χ2v) is 13.5. The first-order chi connectivity index (χ1) is 21.8. The topological polar surface area (TPSA) is 137 Å². The van der Waals surface area contributed by atoms with Crippen LogP contribution < -0.4 is 16.0 Å². The summed E-state index contributed by atoms with van der Waals surface area (Å²) in [6, 6.07) is 12.2. The molecule has 242 valence electrons. The summed E-state index contributed by atoms with van der Waals surface area (Å²) in [7, 11) is 0. The first-order valence-corrected chi connectivity index (χ1v) is 16.8. The number of nitrogens with one attached hydrogen (secondary N) is 3. The van der Waals surface area contributed by atoms with E-state index in [0.717, 1.165) is 74.1 Å². The Morgan fingerprint density at radius 3 is 2.31 bits per heavy atom. The summed E-state index contributed by atoms with van der Waals surface area (Å²) < 4.78 is 6.37. The Morgan fingerprint density at radius 1 is 0.911 bits per heavy atom. The molecule has 1 heterocycles. The van der Waals surface area contributed by atoms with Gasteiger partial charge in [-0.3, -0.25) is 9.59 Å². The van der Waals surface area contributed by atoms with Gasteiger partial charge in [-0.1, -0.05) is 81.0 Å². The summed E-state index contributed by atoms with van der Waals surface area (Å²) in [5.74, 6) is -1.86. The fraction of sp³-hybridized carbons (Fsp3) is 0.600. The van der Waals surface area contributed by atoms with Crippen molar-refractivity contribution >= 4 is 34.6 Å². The number of carbonyl (C=O) groups excluding carboxylic acids is 3. The van der Waals surface area contributed by atoms with E-state index in [9.17, 15) is 24.3 Å². The van der Waals surface area contributed by atoms with Crippen LogP contribution in [0, 0.1) is 5.92 Å². The van der Waals surface area contributed by atoms with Crippen LogP contribution in [-0.4, -0.2) is 70.1 Å². The number of hydrogen-bond donors (Lipinski definition) is 4. The van der Waals surface area contributed by atoms with Gasteiger partial charge in [0.05, 0.1) is 12.7 Å². The second kappa shape index (κ2) is 13.8. The number of carbonyl (C=O) groups is 4. The van der Waals surface area contributed by atoms with E-state index in [1.165, 1.54) is 6.42 Å². The Bertz CT molecular complexity index is 1390. The van der Waals surface area contributed by atoms with Crippen molar-refractivity contribution in [3.05, 3.63) is 48.0 Å². The van der Waals surface area contributed by atoms with E-state index in [0.29, 0.717) is 19.4 Å². The van der Waals surface area contributed by atoms with E-state index in [2.05, 4.69) is 22.0 Å². The Labute approximate surface area is 264 Å². The Kier molecular flexibility index (Phi) is 9.58. The van der Waals surface area contributed by atoms with Gasteiger partial charge in [-0.05, 0) is 60.8 Å². The summed E-state index contributed by atoms with van der Waals surface area (Å²) in [4.78, 5) is 54.8. The van der Waals surface area contributed by atoms with Crippen LogP contribution in [0.3, 0.4) is 0 Å². The monoisotopic (exact) mass is 618 g/mol. The predicted molar refractivity (Wildman–Crippen MR) is 169 cm³/mol. The lowest BCUT2D eigenvalue weighted by Crippen LogP contribution is -2.59. The summed E-state index contributed by atoms with van der Waals surface area (Å²) in [6.45, 7) is 0.506. The maximum atomic E-state index is 14.4. The molecule has 3 unspecified atom stereocenters. The molecule has 4 fully saturated rings. The van der Waals surface area contributed by atoms with Crippen molar-refractivity contribution in [2.45, 2.75) is 120 Å².